The van der Waals surface area contributed by atoms with Crippen LogP contribution in [0.25, 0.3) is 77.2 Å². The number of fused-ring (bicyclic) bond motifs is 5. The van der Waals surface area contributed by atoms with Gasteiger partial charge in [-0.1, -0.05) is 164 Å². The third kappa shape index (κ3) is 5.62. The summed E-state index contributed by atoms with van der Waals surface area (Å²) in [5, 5.41) is 4.59. The summed E-state index contributed by atoms with van der Waals surface area (Å²) in [6, 6.07) is 75.8. The molecule has 0 aliphatic carbocycles. The summed E-state index contributed by atoms with van der Waals surface area (Å²) in [5.41, 5.74) is 14.5. The van der Waals surface area contributed by atoms with Gasteiger partial charge in [-0.3, -0.25) is 0 Å². The van der Waals surface area contributed by atoms with E-state index in [2.05, 4.69) is 217 Å². The molecule has 2 heteroatoms. The maximum absolute atomic E-state index is 6.53. The Balaban J connectivity index is 1.11. The molecule has 254 valence electrons. The van der Waals surface area contributed by atoms with Crippen molar-refractivity contribution in [3.05, 3.63) is 212 Å². The molecule has 0 N–H and O–H groups in total. The number of nitrogens with zero attached hydrogens (tertiary/aromatic N) is 1. The molecule has 2 nitrogen and oxygen atoms in total. The van der Waals surface area contributed by atoms with E-state index in [-0.39, 0.29) is 0 Å². The summed E-state index contributed by atoms with van der Waals surface area (Å²) in [6.45, 7) is 0. The zero-order valence-corrected chi connectivity index (χ0v) is 29.6. The van der Waals surface area contributed by atoms with Gasteiger partial charge in [-0.05, 0) is 98.4 Å². The average Bonchev–Trinajstić information content (AvgIpc) is 3.65. The van der Waals surface area contributed by atoms with E-state index < -0.39 is 0 Å². The van der Waals surface area contributed by atoms with Crippen LogP contribution in [0.3, 0.4) is 0 Å². The molecule has 1 heterocycles. The van der Waals surface area contributed by atoms with Gasteiger partial charge in [0.05, 0.1) is 0 Å². The first-order valence-corrected chi connectivity index (χ1v) is 18.4. The molecule has 0 aliphatic rings. The van der Waals surface area contributed by atoms with Crippen LogP contribution < -0.4 is 4.90 Å². The molecule has 10 rings (SSSR count). The Labute approximate surface area is 314 Å². The first-order valence-electron chi connectivity index (χ1n) is 18.4. The molecule has 9 aromatic carbocycles. The fraction of sp³-hybridized carbons (Fsp3) is 0. The Morgan fingerprint density at radius 2 is 0.852 bits per heavy atom. The van der Waals surface area contributed by atoms with Crippen LogP contribution in [-0.2, 0) is 0 Å². The zero-order valence-electron chi connectivity index (χ0n) is 29.6. The Hall–Kier alpha value is -7.16. The van der Waals surface area contributed by atoms with E-state index in [1.54, 1.807) is 0 Å². The van der Waals surface area contributed by atoms with Crippen LogP contribution in [0.15, 0.2) is 217 Å². The number of anilines is 3. The lowest BCUT2D eigenvalue weighted by molar-refractivity contribution is 0.673. The normalized spacial score (nSPS) is 11.3. The van der Waals surface area contributed by atoms with Gasteiger partial charge >= 0.3 is 0 Å². The van der Waals surface area contributed by atoms with E-state index in [1.807, 2.05) is 0 Å². The van der Waals surface area contributed by atoms with Crippen LogP contribution in [0.5, 0.6) is 0 Å². The second-order valence-electron chi connectivity index (χ2n) is 13.7. The maximum Gasteiger partial charge on any atom is 0.143 e. The van der Waals surface area contributed by atoms with Crippen molar-refractivity contribution in [3.63, 3.8) is 0 Å². The zero-order chi connectivity index (χ0) is 35.8. The van der Waals surface area contributed by atoms with Crippen molar-refractivity contribution in [2.24, 2.45) is 0 Å². The fourth-order valence-electron chi connectivity index (χ4n) is 7.86. The van der Waals surface area contributed by atoms with Crippen molar-refractivity contribution in [2.75, 3.05) is 4.90 Å². The Morgan fingerprint density at radius 1 is 0.315 bits per heavy atom. The minimum atomic E-state index is 0.898. The van der Waals surface area contributed by atoms with Crippen molar-refractivity contribution < 1.29 is 4.42 Å². The highest BCUT2D eigenvalue weighted by Gasteiger charge is 2.19. The SMILES string of the molecule is c1ccc(-c2ccc(N(c3ccc(-c4cccc5oc6c7ccccc7ccc6c45)cc3)c3ccc(-c4ccccc4)c(-c4ccccc4)c3)cc2)cc1. The molecule has 10 aromatic rings. The van der Waals surface area contributed by atoms with Crippen molar-refractivity contribution in [2.45, 2.75) is 0 Å². The molecule has 0 fully saturated rings. The third-order valence-electron chi connectivity index (χ3n) is 10.5. The molecule has 54 heavy (non-hydrogen) atoms. The van der Waals surface area contributed by atoms with Gasteiger partial charge in [0.1, 0.15) is 11.2 Å². The van der Waals surface area contributed by atoms with Crippen LogP contribution >= 0.6 is 0 Å². The molecule has 0 unspecified atom stereocenters. The second-order valence-corrected chi connectivity index (χ2v) is 13.7. The van der Waals surface area contributed by atoms with Crippen molar-refractivity contribution >= 4 is 49.8 Å². The predicted molar refractivity (Wildman–Crippen MR) is 228 cm³/mol. The van der Waals surface area contributed by atoms with Crippen LogP contribution in [0.1, 0.15) is 0 Å². The van der Waals surface area contributed by atoms with Gasteiger partial charge in [-0.15, -0.1) is 0 Å². The van der Waals surface area contributed by atoms with Crippen molar-refractivity contribution in [1.29, 1.82) is 0 Å². The number of benzene rings is 9. The number of hydrogen-bond donors (Lipinski definition) is 0. The highest BCUT2D eigenvalue weighted by molar-refractivity contribution is 6.19. The summed E-state index contributed by atoms with van der Waals surface area (Å²) in [4.78, 5) is 2.36. The summed E-state index contributed by atoms with van der Waals surface area (Å²) < 4.78 is 6.53. The lowest BCUT2D eigenvalue weighted by Gasteiger charge is -2.27. The maximum atomic E-state index is 6.53. The van der Waals surface area contributed by atoms with Crippen LogP contribution in [-0.4, -0.2) is 0 Å². The van der Waals surface area contributed by atoms with Gasteiger partial charge in [0.2, 0.25) is 0 Å². The van der Waals surface area contributed by atoms with Crippen molar-refractivity contribution in [1.82, 2.24) is 0 Å². The first-order chi connectivity index (χ1) is 26.8. The highest BCUT2D eigenvalue weighted by atomic mass is 16.3. The third-order valence-corrected chi connectivity index (χ3v) is 10.5. The average molecular weight is 690 g/mol. The van der Waals surface area contributed by atoms with Gasteiger partial charge in [-0.2, -0.15) is 0 Å². The summed E-state index contributed by atoms with van der Waals surface area (Å²) in [6.07, 6.45) is 0. The summed E-state index contributed by atoms with van der Waals surface area (Å²) in [7, 11) is 0. The summed E-state index contributed by atoms with van der Waals surface area (Å²) in [5.74, 6) is 0. The minimum Gasteiger partial charge on any atom is -0.455 e. The lowest BCUT2D eigenvalue weighted by atomic mass is 9.93. The molecule has 0 bridgehead atoms. The lowest BCUT2D eigenvalue weighted by Crippen LogP contribution is -2.10. The Bertz CT molecular complexity index is 2890. The Morgan fingerprint density at radius 3 is 1.54 bits per heavy atom. The number of hydrogen-bond acceptors (Lipinski definition) is 2. The molecular weight excluding hydrogens is 655 g/mol. The van der Waals surface area contributed by atoms with E-state index in [1.165, 1.54) is 38.8 Å². The van der Waals surface area contributed by atoms with Gasteiger partial charge in [-0.25, -0.2) is 0 Å². The van der Waals surface area contributed by atoms with Crippen molar-refractivity contribution in [3.8, 4) is 44.5 Å². The highest BCUT2D eigenvalue weighted by Crippen LogP contribution is 2.43. The number of furan rings is 1. The van der Waals surface area contributed by atoms with Gasteiger partial charge in [0.15, 0.2) is 0 Å². The van der Waals surface area contributed by atoms with Crippen LogP contribution in [0.4, 0.5) is 17.1 Å². The van der Waals surface area contributed by atoms with Gasteiger partial charge < -0.3 is 9.32 Å². The summed E-state index contributed by atoms with van der Waals surface area (Å²) >= 11 is 0. The topological polar surface area (TPSA) is 16.4 Å². The molecule has 0 atom stereocenters. The first kappa shape index (κ1) is 31.6. The Kier molecular flexibility index (Phi) is 7.85. The van der Waals surface area contributed by atoms with E-state index in [0.717, 1.165) is 55.5 Å². The predicted octanol–water partition coefficient (Wildman–Crippen LogP) is 14.9. The largest absolute Gasteiger partial charge is 0.455 e. The van der Waals surface area contributed by atoms with Crippen LogP contribution in [0, 0.1) is 0 Å². The minimum absolute atomic E-state index is 0.898. The number of rotatable bonds is 7. The standard InChI is InChI=1S/C52H35NO/c1-4-13-36(14-5-1)37-23-28-42(29-24-37)53(44-32-34-45(38-15-6-2-7-16-38)49(35-44)39-17-8-3-9-18-39)43-30-25-41(26-31-43)46-21-12-22-50-51(46)48-33-27-40-19-10-11-20-47(40)52(48)54-50/h1-35H. The van der Waals surface area contributed by atoms with Gasteiger partial charge in [0.25, 0.3) is 0 Å². The molecule has 0 saturated carbocycles. The monoisotopic (exact) mass is 689 g/mol. The van der Waals surface area contributed by atoms with Crippen LogP contribution in [0.2, 0.25) is 0 Å². The molecule has 1 aromatic heterocycles. The second kappa shape index (κ2) is 13.4. The van der Waals surface area contributed by atoms with Gasteiger partial charge in [0, 0.05) is 33.2 Å². The molecule has 0 radical (unpaired) electrons. The molecule has 0 aliphatic heterocycles. The fourth-order valence-corrected chi connectivity index (χ4v) is 7.86. The van der Waals surface area contributed by atoms with E-state index in [4.69, 9.17) is 4.42 Å². The quantitative estimate of drug-likeness (QED) is 0.166. The van der Waals surface area contributed by atoms with E-state index in [9.17, 15) is 0 Å². The molecule has 0 amide bonds. The molecule has 0 saturated heterocycles. The van der Waals surface area contributed by atoms with E-state index in [0.29, 0.717) is 0 Å². The molecule has 0 spiro atoms. The molecular formula is C52H35NO. The van der Waals surface area contributed by atoms with E-state index >= 15 is 0 Å². The smallest absolute Gasteiger partial charge is 0.143 e.